The number of ether oxygens (including phenoxy) is 1. The highest BCUT2D eigenvalue weighted by atomic mass is 19.1. The van der Waals surface area contributed by atoms with Crippen LogP contribution in [0.25, 0.3) is 22.5 Å². The fraction of sp³-hybridized carbons (Fsp3) is 0.286. The van der Waals surface area contributed by atoms with E-state index in [2.05, 4.69) is 21.7 Å². The van der Waals surface area contributed by atoms with Gasteiger partial charge < -0.3 is 9.30 Å². The molecule has 1 atom stereocenters. The lowest BCUT2D eigenvalue weighted by Gasteiger charge is -2.16. The maximum absolute atomic E-state index is 13.6. The number of aryl methyl sites for hydroxylation is 1. The Hall–Kier alpha value is -2.46. The van der Waals surface area contributed by atoms with Crippen LogP contribution >= 0.6 is 0 Å². The minimum absolute atomic E-state index is 0.215. The lowest BCUT2D eigenvalue weighted by atomic mass is 10.0. The Morgan fingerprint density at radius 1 is 1.20 bits per heavy atom. The molecule has 1 fully saturated rings. The van der Waals surface area contributed by atoms with Gasteiger partial charge in [-0.15, -0.1) is 0 Å². The maximum Gasteiger partial charge on any atom is 0.123 e. The first kappa shape index (κ1) is 16.0. The molecule has 0 saturated carbocycles. The predicted octanol–water partition coefficient (Wildman–Crippen LogP) is 4.84. The van der Waals surface area contributed by atoms with Crippen molar-refractivity contribution in [2.75, 3.05) is 6.61 Å². The quantitative estimate of drug-likeness (QED) is 0.681. The molecule has 25 heavy (non-hydrogen) atoms. The van der Waals surface area contributed by atoms with Gasteiger partial charge >= 0.3 is 0 Å². The standard InChI is InChI=1S/C21H21FN2O/c1-15-12-17(22)9-10-19(15)21-20(16-6-3-2-4-7-16)23-14-24(21)13-18-8-5-11-25-18/h2-4,6-7,9-10,12,14,18H,5,8,11,13H2,1H3. The van der Waals surface area contributed by atoms with Gasteiger partial charge in [-0.25, -0.2) is 9.37 Å². The molecule has 128 valence electrons. The summed E-state index contributed by atoms with van der Waals surface area (Å²) in [6.45, 7) is 3.54. The van der Waals surface area contributed by atoms with Crippen LogP contribution in [0.15, 0.2) is 54.9 Å². The van der Waals surface area contributed by atoms with Gasteiger partial charge in [0.1, 0.15) is 5.82 Å². The fourth-order valence-corrected chi connectivity index (χ4v) is 3.51. The summed E-state index contributed by atoms with van der Waals surface area (Å²) in [4.78, 5) is 4.68. The molecule has 1 aliphatic heterocycles. The number of aromatic nitrogens is 2. The molecule has 0 amide bonds. The molecule has 0 N–H and O–H groups in total. The van der Waals surface area contributed by atoms with E-state index < -0.39 is 0 Å². The van der Waals surface area contributed by atoms with Crippen LogP contribution in [0.2, 0.25) is 0 Å². The van der Waals surface area contributed by atoms with Gasteiger partial charge in [0, 0.05) is 17.7 Å². The third kappa shape index (κ3) is 3.22. The summed E-state index contributed by atoms with van der Waals surface area (Å²) in [6.07, 6.45) is 4.27. The van der Waals surface area contributed by atoms with Crippen molar-refractivity contribution in [2.45, 2.75) is 32.4 Å². The van der Waals surface area contributed by atoms with Gasteiger partial charge in [0.15, 0.2) is 0 Å². The van der Waals surface area contributed by atoms with Crippen LogP contribution in [0, 0.1) is 12.7 Å². The average molecular weight is 336 g/mol. The van der Waals surface area contributed by atoms with E-state index in [0.717, 1.165) is 54.1 Å². The van der Waals surface area contributed by atoms with E-state index in [1.807, 2.05) is 37.5 Å². The van der Waals surface area contributed by atoms with Gasteiger partial charge in [0.2, 0.25) is 0 Å². The van der Waals surface area contributed by atoms with Crippen LogP contribution in [0.3, 0.4) is 0 Å². The van der Waals surface area contributed by atoms with Crippen molar-refractivity contribution in [1.29, 1.82) is 0 Å². The summed E-state index contributed by atoms with van der Waals surface area (Å²) in [7, 11) is 0. The van der Waals surface area contributed by atoms with Gasteiger partial charge in [-0.05, 0) is 43.5 Å². The number of benzene rings is 2. The zero-order valence-electron chi connectivity index (χ0n) is 14.3. The van der Waals surface area contributed by atoms with E-state index in [1.165, 1.54) is 6.07 Å². The molecular formula is C21H21FN2O. The van der Waals surface area contributed by atoms with Gasteiger partial charge in [-0.1, -0.05) is 30.3 Å². The van der Waals surface area contributed by atoms with Crippen LogP contribution in [0.1, 0.15) is 18.4 Å². The Morgan fingerprint density at radius 2 is 2.04 bits per heavy atom. The van der Waals surface area contributed by atoms with Crippen LogP contribution in [0.4, 0.5) is 4.39 Å². The fourth-order valence-electron chi connectivity index (χ4n) is 3.51. The zero-order valence-corrected chi connectivity index (χ0v) is 14.3. The van der Waals surface area contributed by atoms with E-state index in [1.54, 1.807) is 6.07 Å². The SMILES string of the molecule is Cc1cc(F)ccc1-c1c(-c2ccccc2)ncn1CC1CCCO1. The number of rotatable bonds is 4. The molecule has 1 aliphatic rings. The molecule has 1 aromatic heterocycles. The first-order valence-electron chi connectivity index (χ1n) is 8.71. The molecule has 2 aromatic carbocycles. The van der Waals surface area contributed by atoms with E-state index in [9.17, 15) is 4.39 Å². The third-order valence-corrected chi connectivity index (χ3v) is 4.75. The highest BCUT2D eigenvalue weighted by Gasteiger charge is 2.21. The molecule has 3 aromatic rings. The average Bonchev–Trinajstić information content (AvgIpc) is 3.26. The first-order chi connectivity index (χ1) is 12.2. The zero-order chi connectivity index (χ0) is 17.2. The summed E-state index contributed by atoms with van der Waals surface area (Å²) in [5, 5.41) is 0. The normalized spacial score (nSPS) is 17.1. The third-order valence-electron chi connectivity index (χ3n) is 4.75. The van der Waals surface area contributed by atoms with E-state index in [-0.39, 0.29) is 11.9 Å². The number of hydrogen-bond donors (Lipinski definition) is 0. The molecule has 0 radical (unpaired) electrons. The Labute approximate surface area is 147 Å². The summed E-state index contributed by atoms with van der Waals surface area (Å²) in [5.74, 6) is -0.215. The molecule has 1 saturated heterocycles. The molecule has 0 aliphatic carbocycles. The van der Waals surface area contributed by atoms with Crippen molar-refractivity contribution in [3.05, 3.63) is 66.2 Å². The van der Waals surface area contributed by atoms with E-state index >= 15 is 0 Å². The highest BCUT2D eigenvalue weighted by Crippen LogP contribution is 2.34. The number of imidazole rings is 1. The molecular weight excluding hydrogens is 315 g/mol. The van der Waals surface area contributed by atoms with Gasteiger partial charge in [0.05, 0.1) is 30.4 Å². The Balaban J connectivity index is 1.83. The van der Waals surface area contributed by atoms with Gasteiger partial charge in [-0.2, -0.15) is 0 Å². The van der Waals surface area contributed by atoms with Crippen LogP contribution in [0.5, 0.6) is 0 Å². The van der Waals surface area contributed by atoms with E-state index in [0.29, 0.717) is 0 Å². The monoisotopic (exact) mass is 336 g/mol. The van der Waals surface area contributed by atoms with Crippen molar-refractivity contribution in [3.8, 4) is 22.5 Å². The Bertz CT molecular complexity index is 867. The van der Waals surface area contributed by atoms with Crippen LogP contribution < -0.4 is 0 Å². The molecule has 2 heterocycles. The maximum atomic E-state index is 13.6. The first-order valence-corrected chi connectivity index (χ1v) is 8.71. The minimum atomic E-state index is -0.215. The molecule has 4 heteroatoms. The second-order valence-corrected chi connectivity index (χ2v) is 6.55. The summed E-state index contributed by atoms with van der Waals surface area (Å²) in [5.41, 5.74) is 4.93. The number of nitrogens with zero attached hydrogens (tertiary/aromatic N) is 2. The van der Waals surface area contributed by atoms with Crippen molar-refractivity contribution < 1.29 is 9.13 Å². The van der Waals surface area contributed by atoms with Gasteiger partial charge in [-0.3, -0.25) is 0 Å². The highest BCUT2D eigenvalue weighted by molar-refractivity contribution is 5.80. The lowest BCUT2D eigenvalue weighted by molar-refractivity contribution is 0.0973. The smallest absolute Gasteiger partial charge is 0.123 e. The second kappa shape index (κ2) is 6.81. The summed E-state index contributed by atoms with van der Waals surface area (Å²) in [6, 6.07) is 15.1. The van der Waals surface area contributed by atoms with Crippen LogP contribution in [-0.4, -0.2) is 22.3 Å². The Morgan fingerprint density at radius 3 is 2.76 bits per heavy atom. The summed E-state index contributed by atoms with van der Waals surface area (Å²) >= 11 is 0. The minimum Gasteiger partial charge on any atom is -0.376 e. The lowest BCUT2D eigenvalue weighted by Crippen LogP contribution is -2.15. The summed E-state index contributed by atoms with van der Waals surface area (Å²) < 4.78 is 21.6. The molecule has 1 unspecified atom stereocenters. The van der Waals surface area contributed by atoms with Crippen molar-refractivity contribution in [1.82, 2.24) is 9.55 Å². The van der Waals surface area contributed by atoms with Crippen molar-refractivity contribution in [3.63, 3.8) is 0 Å². The molecule has 4 rings (SSSR count). The van der Waals surface area contributed by atoms with Crippen molar-refractivity contribution in [2.24, 2.45) is 0 Å². The van der Waals surface area contributed by atoms with Gasteiger partial charge in [0.25, 0.3) is 0 Å². The van der Waals surface area contributed by atoms with Crippen LogP contribution in [-0.2, 0) is 11.3 Å². The Kier molecular flexibility index (Phi) is 4.36. The number of halogens is 1. The molecule has 0 bridgehead atoms. The van der Waals surface area contributed by atoms with Crippen molar-refractivity contribution >= 4 is 0 Å². The molecule has 0 spiro atoms. The number of hydrogen-bond acceptors (Lipinski definition) is 2. The predicted molar refractivity (Wildman–Crippen MR) is 96.8 cm³/mol. The molecule has 3 nitrogen and oxygen atoms in total. The second-order valence-electron chi connectivity index (χ2n) is 6.55. The van der Waals surface area contributed by atoms with E-state index in [4.69, 9.17) is 4.74 Å². The largest absolute Gasteiger partial charge is 0.376 e. The topological polar surface area (TPSA) is 27.1 Å².